The molecule has 3 nitrogen and oxygen atoms in total. The van der Waals surface area contributed by atoms with Crippen molar-refractivity contribution >= 4 is 5.84 Å². The van der Waals surface area contributed by atoms with E-state index >= 15 is 0 Å². The fourth-order valence-electron chi connectivity index (χ4n) is 2.08. The van der Waals surface area contributed by atoms with Gasteiger partial charge in [0.05, 0.1) is 6.61 Å². The van der Waals surface area contributed by atoms with E-state index in [9.17, 15) is 0 Å². The summed E-state index contributed by atoms with van der Waals surface area (Å²) in [6, 6.07) is 5.67. The van der Waals surface area contributed by atoms with Crippen molar-refractivity contribution in [2.75, 3.05) is 6.61 Å². The maximum absolute atomic E-state index is 7.42. The summed E-state index contributed by atoms with van der Waals surface area (Å²) in [6.07, 6.45) is 4.90. The molecule has 106 valence electrons. The van der Waals surface area contributed by atoms with Gasteiger partial charge in [0.25, 0.3) is 0 Å². The summed E-state index contributed by atoms with van der Waals surface area (Å²) in [6.45, 7) is 7.21. The van der Waals surface area contributed by atoms with E-state index < -0.39 is 0 Å². The third-order valence-corrected chi connectivity index (χ3v) is 3.50. The van der Waals surface area contributed by atoms with E-state index in [2.05, 4.69) is 13.8 Å². The van der Waals surface area contributed by atoms with Crippen LogP contribution < -0.4 is 10.5 Å². The summed E-state index contributed by atoms with van der Waals surface area (Å²) in [5, 5.41) is 7.42. The number of nitrogens with two attached hydrogens (primary N) is 1. The van der Waals surface area contributed by atoms with Gasteiger partial charge in [-0.3, -0.25) is 5.41 Å². The number of aryl methyl sites for hydroxylation is 1. The first-order chi connectivity index (χ1) is 9.08. The summed E-state index contributed by atoms with van der Waals surface area (Å²) in [5.41, 5.74) is 7.27. The molecule has 1 aromatic carbocycles. The minimum absolute atomic E-state index is 0.101. The van der Waals surface area contributed by atoms with Gasteiger partial charge in [-0.1, -0.05) is 33.1 Å². The molecular weight excluding hydrogens is 236 g/mol. The average molecular weight is 262 g/mol. The van der Waals surface area contributed by atoms with E-state index in [0.29, 0.717) is 5.92 Å². The molecule has 0 aromatic heterocycles. The van der Waals surface area contributed by atoms with Gasteiger partial charge < -0.3 is 10.5 Å². The molecule has 0 saturated carbocycles. The zero-order valence-corrected chi connectivity index (χ0v) is 12.3. The lowest BCUT2D eigenvalue weighted by molar-refractivity contribution is 0.232. The molecule has 0 aliphatic rings. The molecule has 3 N–H and O–H groups in total. The zero-order valence-electron chi connectivity index (χ0n) is 12.3. The van der Waals surface area contributed by atoms with Gasteiger partial charge in [-0.25, -0.2) is 0 Å². The molecule has 1 rings (SSSR count). The maximum atomic E-state index is 7.42. The Hall–Kier alpha value is -1.51. The van der Waals surface area contributed by atoms with Crippen LogP contribution in [0.3, 0.4) is 0 Å². The smallest absolute Gasteiger partial charge is 0.122 e. The normalized spacial score (nSPS) is 12.2. The molecule has 0 spiro atoms. The second kappa shape index (κ2) is 7.82. The van der Waals surface area contributed by atoms with Gasteiger partial charge in [0.2, 0.25) is 0 Å². The van der Waals surface area contributed by atoms with Crippen LogP contribution >= 0.6 is 0 Å². The number of amidine groups is 1. The first-order valence-electron chi connectivity index (χ1n) is 7.16. The minimum Gasteiger partial charge on any atom is -0.493 e. The van der Waals surface area contributed by atoms with Crippen LogP contribution in [0.25, 0.3) is 0 Å². The van der Waals surface area contributed by atoms with Crippen molar-refractivity contribution in [1.29, 1.82) is 5.41 Å². The van der Waals surface area contributed by atoms with Gasteiger partial charge in [0, 0.05) is 5.56 Å². The number of hydrogen-bond donors (Lipinski definition) is 2. The van der Waals surface area contributed by atoms with E-state index in [1.165, 1.54) is 19.3 Å². The first kappa shape index (κ1) is 15.5. The molecule has 0 aliphatic heterocycles. The molecule has 3 heteroatoms. The lowest BCUT2D eigenvalue weighted by atomic mass is 10.0. The summed E-state index contributed by atoms with van der Waals surface area (Å²) in [7, 11) is 0. The second-order valence-corrected chi connectivity index (χ2v) is 5.12. The summed E-state index contributed by atoms with van der Waals surface area (Å²) < 4.78 is 5.91. The number of nitrogen functional groups attached to an aromatic ring is 1. The Morgan fingerprint density at radius 1 is 1.37 bits per heavy atom. The van der Waals surface area contributed by atoms with Gasteiger partial charge >= 0.3 is 0 Å². The number of rotatable bonds is 8. The Kier molecular flexibility index (Phi) is 6.40. The van der Waals surface area contributed by atoms with E-state index in [1.807, 2.05) is 25.1 Å². The molecule has 0 aliphatic carbocycles. The number of unbranched alkanes of at least 4 members (excludes halogenated alkanes) is 1. The highest BCUT2D eigenvalue weighted by atomic mass is 16.5. The summed E-state index contributed by atoms with van der Waals surface area (Å²) >= 11 is 0. The third-order valence-electron chi connectivity index (χ3n) is 3.50. The molecule has 0 fully saturated rings. The van der Waals surface area contributed by atoms with E-state index in [0.717, 1.165) is 29.9 Å². The van der Waals surface area contributed by atoms with Crippen LogP contribution in [-0.2, 0) is 0 Å². The van der Waals surface area contributed by atoms with Crippen molar-refractivity contribution in [3.8, 4) is 5.75 Å². The van der Waals surface area contributed by atoms with Crippen molar-refractivity contribution in [2.24, 2.45) is 11.7 Å². The molecule has 0 saturated heterocycles. The first-order valence-corrected chi connectivity index (χ1v) is 7.16. The topological polar surface area (TPSA) is 59.1 Å². The monoisotopic (exact) mass is 262 g/mol. The summed E-state index contributed by atoms with van der Waals surface area (Å²) in [4.78, 5) is 0. The Morgan fingerprint density at radius 3 is 2.63 bits per heavy atom. The van der Waals surface area contributed by atoms with Crippen molar-refractivity contribution in [3.05, 3.63) is 29.3 Å². The SMILES string of the molecule is CCCCC(CC)COc1ccc(C(=N)N)cc1C. The van der Waals surface area contributed by atoms with Crippen LogP contribution in [0, 0.1) is 18.3 Å². The van der Waals surface area contributed by atoms with Gasteiger partial charge in [-0.2, -0.15) is 0 Å². The maximum Gasteiger partial charge on any atom is 0.122 e. The Bertz CT molecular complexity index is 415. The van der Waals surface area contributed by atoms with Crippen LogP contribution in [0.5, 0.6) is 5.75 Å². The molecule has 0 bridgehead atoms. The van der Waals surface area contributed by atoms with Crippen LogP contribution in [0.15, 0.2) is 18.2 Å². The number of nitrogens with one attached hydrogen (secondary N) is 1. The molecule has 19 heavy (non-hydrogen) atoms. The fraction of sp³-hybridized carbons (Fsp3) is 0.562. The van der Waals surface area contributed by atoms with Crippen molar-refractivity contribution in [3.63, 3.8) is 0 Å². The van der Waals surface area contributed by atoms with E-state index in [1.54, 1.807) is 0 Å². The van der Waals surface area contributed by atoms with Gasteiger partial charge in [0.1, 0.15) is 11.6 Å². The molecule has 0 amide bonds. The largest absolute Gasteiger partial charge is 0.493 e. The molecule has 1 unspecified atom stereocenters. The Labute approximate surface area is 116 Å². The van der Waals surface area contributed by atoms with Crippen LogP contribution in [0.1, 0.15) is 50.7 Å². The number of ether oxygens (including phenoxy) is 1. The Morgan fingerprint density at radius 2 is 2.11 bits per heavy atom. The Balaban J connectivity index is 2.59. The molecule has 0 radical (unpaired) electrons. The van der Waals surface area contributed by atoms with E-state index in [-0.39, 0.29) is 5.84 Å². The number of benzene rings is 1. The van der Waals surface area contributed by atoms with Crippen molar-refractivity contribution < 1.29 is 4.74 Å². The third kappa shape index (κ3) is 4.93. The van der Waals surface area contributed by atoms with Crippen LogP contribution in [0.2, 0.25) is 0 Å². The highest BCUT2D eigenvalue weighted by molar-refractivity contribution is 5.95. The van der Waals surface area contributed by atoms with E-state index in [4.69, 9.17) is 15.9 Å². The molecule has 0 heterocycles. The lowest BCUT2D eigenvalue weighted by Gasteiger charge is -2.17. The molecule has 1 aromatic rings. The van der Waals surface area contributed by atoms with Gasteiger partial charge in [-0.15, -0.1) is 0 Å². The van der Waals surface area contributed by atoms with Crippen molar-refractivity contribution in [2.45, 2.75) is 46.5 Å². The lowest BCUT2D eigenvalue weighted by Crippen LogP contribution is -2.13. The standard InChI is InChI=1S/C16H26N2O/c1-4-6-7-13(5-2)11-19-15-9-8-14(16(17)18)10-12(15)3/h8-10,13H,4-7,11H2,1-3H3,(H3,17,18). The zero-order chi connectivity index (χ0) is 14.3. The highest BCUT2D eigenvalue weighted by Gasteiger charge is 2.09. The van der Waals surface area contributed by atoms with Gasteiger partial charge in [-0.05, 0) is 43.0 Å². The average Bonchev–Trinajstić information content (AvgIpc) is 2.40. The quantitative estimate of drug-likeness (QED) is 0.552. The highest BCUT2D eigenvalue weighted by Crippen LogP contribution is 2.21. The fourth-order valence-corrected chi connectivity index (χ4v) is 2.08. The van der Waals surface area contributed by atoms with Gasteiger partial charge in [0.15, 0.2) is 0 Å². The minimum atomic E-state index is 0.101. The van der Waals surface area contributed by atoms with Crippen LogP contribution in [-0.4, -0.2) is 12.4 Å². The number of hydrogen-bond acceptors (Lipinski definition) is 2. The summed E-state index contributed by atoms with van der Waals surface area (Å²) in [5.74, 6) is 1.64. The van der Waals surface area contributed by atoms with Crippen molar-refractivity contribution in [1.82, 2.24) is 0 Å². The van der Waals surface area contributed by atoms with Crippen LogP contribution in [0.4, 0.5) is 0 Å². The molecule has 1 atom stereocenters. The predicted octanol–water partition coefficient (Wildman–Crippen LogP) is 3.87. The second-order valence-electron chi connectivity index (χ2n) is 5.12. The molecular formula is C16H26N2O. The predicted molar refractivity (Wildman–Crippen MR) is 81.0 cm³/mol.